The highest BCUT2D eigenvalue weighted by atomic mass is 19.4. The second kappa shape index (κ2) is 6.45. The molecule has 0 spiro atoms. The van der Waals surface area contributed by atoms with Crippen molar-refractivity contribution in [3.8, 4) is 5.75 Å². The largest absolute Gasteiger partial charge is 0.573 e. The van der Waals surface area contributed by atoms with Crippen LogP contribution in [0.25, 0.3) is 0 Å². The van der Waals surface area contributed by atoms with Gasteiger partial charge in [0.2, 0.25) is 5.91 Å². The van der Waals surface area contributed by atoms with Crippen molar-refractivity contribution in [2.45, 2.75) is 32.5 Å². The zero-order valence-electron chi connectivity index (χ0n) is 10.5. The van der Waals surface area contributed by atoms with E-state index >= 15 is 0 Å². The third-order valence-corrected chi connectivity index (χ3v) is 2.68. The van der Waals surface area contributed by atoms with Gasteiger partial charge >= 0.3 is 6.36 Å². The average Bonchev–Trinajstić information content (AvgIpc) is 2.29. The topological polar surface area (TPSA) is 52.3 Å². The number of primary amides is 1. The number of amides is 1. The lowest BCUT2D eigenvalue weighted by atomic mass is 9.94. The van der Waals surface area contributed by atoms with Gasteiger partial charge in [-0.2, -0.15) is 0 Å². The van der Waals surface area contributed by atoms with Crippen LogP contribution in [0.4, 0.5) is 13.2 Å². The SMILES string of the molecule is CCCC(Cc1ccc(OC(F)(F)F)cc1)C(N)=O. The Bertz CT molecular complexity index is 415. The van der Waals surface area contributed by atoms with Crippen LogP contribution in [0, 0.1) is 5.92 Å². The Morgan fingerprint density at radius 1 is 1.32 bits per heavy atom. The molecule has 0 aliphatic rings. The van der Waals surface area contributed by atoms with Crippen LogP contribution < -0.4 is 10.5 Å². The van der Waals surface area contributed by atoms with Gasteiger partial charge < -0.3 is 10.5 Å². The highest BCUT2D eigenvalue weighted by molar-refractivity contribution is 5.76. The highest BCUT2D eigenvalue weighted by Gasteiger charge is 2.31. The van der Waals surface area contributed by atoms with Crippen LogP contribution in [-0.4, -0.2) is 12.3 Å². The third-order valence-electron chi connectivity index (χ3n) is 2.68. The standard InChI is InChI=1S/C13H16F3NO2/c1-2-3-10(12(17)18)8-9-4-6-11(7-5-9)19-13(14,15)16/h4-7,10H,2-3,8H2,1H3,(H2,17,18). The monoisotopic (exact) mass is 275 g/mol. The first-order valence-electron chi connectivity index (χ1n) is 5.96. The van der Waals surface area contributed by atoms with Crippen LogP contribution in [-0.2, 0) is 11.2 Å². The molecule has 3 nitrogen and oxygen atoms in total. The second-order valence-corrected chi connectivity index (χ2v) is 4.28. The van der Waals surface area contributed by atoms with E-state index in [9.17, 15) is 18.0 Å². The van der Waals surface area contributed by atoms with Gasteiger partial charge in [0, 0.05) is 5.92 Å². The number of rotatable bonds is 6. The Morgan fingerprint density at radius 3 is 2.32 bits per heavy atom. The number of hydrogen-bond acceptors (Lipinski definition) is 2. The molecule has 1 aromatic rings. The molecule has 2 N–H and O–H groups in total. The number of alkyl halides is 3. The number of nitrogens with two attached hydrogens (primary N) is 1. The molecule has 0 aliphatic carbocycles. The first-order valence-corrected chi connectivity index (χ1v) is 5.96. The van der Waals surface area contributed by atoms with Gasteiger partial charge in [-0.25, -0.2) is 0 Å². The maximum absolute atomic E-state index is 12.0. The molecule has 1 aromatic carbocycles. The molecule has 1 atom stereocenters. The summed E-state index contributed by atoms with van der Waals surface area (Å²) in [6.07, 6.45) is -2.78. The van der Waals surface area contributed by atoms with Gasteiger partial charge in [0.1, 0.15) is 5.75 Å². The fourth-order valence-corrected chi connectivity index (χ4v) is 1.81. The minimum Gasteiger partial charge on any atom is -0.406 e. The zero-order valence-corrected chi connectivity index (χ0v) is 10.5. The summed E-state index contributed by atoms with van der Waals surface area (Å²) in [6, 6.07) is 5.47. The van der Waals surface area contributed by atoms with Gasteiger partial charge in [-0.15, -0.1) is 13.2 Å². The van der Waals surface area contributed by atoms with Gasteiger partial charge in [0.25, 0.3) is 0 Å². The number of hydrogen-bond donors (Lipinski definition) is 1. The first kappa shape index (κ1) is 15.3. The van der Waals surface area contributed by atoms with Crippen molar-refractivity contribution in [1.82, 2.24) is 0 Å². The molecule has 1 unspecified atom stereocenters. The number of carbonyl (C=O) groups excluding carboxylic acids is 1. The van der Waals surface area contributed by atoms with Crippen LogP contribution in [0.3, 0.4) is 0 Å². The van der Waals surface area contributed by atoms with E-state index in [0.717, 1.165) is 12.0 Å². The van der Waals surface area contributed by atoms with Crippen LogP contribution in [0.15, 0.2) is 24.3 Å². The molecule has 0 saturated heterocycles. The quantitative estimate of drug-likeness (QED) is 0.867. The maximum atomic E-state index is 12.0. The summed E-state index contributed by atoms with van der Waals surface area (Å²) in [5.74, 6) is -0.959. The Balaban J connectivity index is 2.68. The molecule has 0 aromatic heterocycles. The molecule has 1 amide bonds. The van der Waals surface area contributed by atoms with E-state index in [1.54, 1.807) is 0 Å². The summed E-state index contributed by atoms with van der Waals surface area (Å²) < 4.78 is 39.7. The van der Waals surface area contributed by atoms with Crippen molar-refractivity contribution in [3.63, 3.8) is 0 Å². The third kappa shape index (κ3) is 5.63. The van der Waals surface area contributed by atoms with E-state index in [1.165, 1.54) is 24.3 Å². The number of benzene rings is 1. The molecular formula is C13H16F3NO2. The van der Waals surface area contributed by atoms with Crippen molar-refractivity contribution in [1.29, 1.82) is 0 Å². The molecule has 0 fully saturated rings. The summed E-state index contributed by atoms with van der Waals surface area (Å²) in [5.41, 5.74) is 6.03. The lowest BCUT2D eigenvalue weighted by Crippen LogP contribution is -2.25. The molecular weight excluding hydrogens is 259 g/mol. The van der Waals surface area contributed by atoms with Crippen LogP contribution in [0.2, 0.25) is 0 Å². The minimum atomic E-state index is -4.69. The zero-order chi connectivity index (χ0) is 14.5. The molecule has 6 heteroatoms. The van der Waals surface area contributed by atoms with Crippen molar-refractivity contribution in [2.24, 2.45) is 11.7 Å². The average molecular weight is 275 g/mol. The highest BCUT2D eigenvalue weighted by Crippen LogP contribution is 2.23. The van der Waals surface area contributed by atoms with Gasteiger partial charge in [-0.3, -0.25) is 4.79 Å². The van der Waals surface area contributed by atoms with E-state index in [-0.39, 0.29) is 11.7 Å². The molecule has 0 bridgehead atoms. The predicted octanol–water partition coefficient (Wildman–Crippen LogP) is 3.03. The lowest BCUT2D eigenvalue weighted by molar-refractivity contribution is -0.274. The Morgan fingerprint density at radius 2 is 1.89 bits per heavy atom. The number of halogens is 3. The molecule has 0 saturated carbocycles. The van der Waals surface area contributed by atoms with Gasteiger partial charge in [-0.1, -0.05) is 25.5 Å². The lowest BCUT2D eigenvalue weighted by Gasteiger charge is -2.13. The van der Waals surface area contributed by atoms with Gasteiger partial charge in [0.05, 0.1) is 0 Å². The predicted molar refractivity (Wildman–Crippen MR) is 64.4 cm³/mol. The maximum Gasteiger partial charge on any atom is 0.573 e. The van der Waals surface area contributed by atoms with Crippen LogP contribution in [0.1, 0.15) is 25.3 Å². The van der Waals surface area contributed by atoms with Crippen LogP contribution >= 0.6 is 0 Å². The minimum absolute atomic E-state index is 0.276. The van der Waals surface area contributed by atoms with Gasteiger partial charge in [-0.05, 0) is 30.5 Å². The Hall–Kier alpha value is -1.72. The fourth-order valence-electron chi connectivity index (χ4n) is 1.81. The normalized spacial score (nSPS) is 13.1. The molecule has 0 radical (unpaired) electrons. The second-order valence-electron chi connectivity index (χ2n) is 4.28. The smallest absolute Gasteiger partial charge is 0.406 e. The van der Waals surface area contributed by atoms with Crippen molar-refractivity contribution < 1.29 is 22.7 Å². The van der Waals surface area contributed by atoms with Crippen molar-refractivity contribution in [3.05, 3.63) is 29.8 Å². The summed E-state index contributed by atoms with van der Waals surface area (Å²) in [6.45, 7) is 1.94. The molecule has 0 aliphatic heterocycles. The summed E-state index contributed by atoms with van der Waals surface area (Å²) in [7, 11) is 0. The van der Waals surface area contributed by atoms with E-state index in [2.05, 4.69) is 4.74 Å². The number of ether oxygens (including phenoxy) is 1. The van der Waals surface area contributed by atoms with E-state index in [0.29, 0.717) is 12.8 Å². The van der Waals surface area contributed by atoms with E-state index in [1.807, 2.05) is 6.92 Å². The van der Waals surface area contributed by atoms with Gasteiger partial charge in [0.15, 0.2) is 0 Å². The van der Waals surface area contributed by atoms with Crippen LogP contribution in [0.5, 0.6) is 5.75 Å². The summed E-state index contributed by atoms with van der Waals surface area (Å²) in [4.78, 5) is 11.2. The van der Waals surface area contributed by atoms with Crippen molar-refractivity contribution in [2.75, 3.05) is 0 Å². The Kier molecular flexibility index (Phi) is 5.20. The molecule has 106 valence electrons. The number of carbonyl (C=O) groups is 1. The first-order chi connectivity index (χ1) is 8.81. The Labute approximate surface area is 109 Å². The van der Waals surface area contributed by atoms with Crippen molar-refractivity contribution >= 4 is 5.91 Å². The summed E-state index contributed by atoms with van der Waals surface area (Å²) >= 11 is 0. The van der Waals surface area contributed by atoms with E-state index < -0.39 is 12.3 Å². The molecule has 0 heterocycles. The summed E-state index contributed by atoms with van der Waals surface area (Å²) in [5, 5.41) is 0. The molecule has 19 heavy (non-hydrogen) atoms. The fraction of sp³-hybridized carbons (Fsp3) is 0.462. The van der Waals surface area contributed by atoms with E-state index in [4.69, 9.17) is 5.73 Å². The molecule has 1 rings (SSSR count).